The number of H-pyrrole nitrogens is 1. The molecule has 7 heteroatoms. The smallest absolute Gasteiger partial charge is 0.254 e. The first kappa shape index (κ1) is 19.1. The zero-order valence-electron chi connectivity index (χ0n) is 16.2. The molecular weight excluding hydrogens is 368 g/mol. The molecule has 1 aromatic heterocycles. The van der Waals surface area contributed by atoms with E-state index in [9.17, 15) is 14.4 Å². The van der Waals surface area contributed by atoms with Crippen LogP contribution in [0.3, 0.4) is 0 Å². The van der Waals surface area contributed by atoms with Crippen molar-refractivity contribution in [2.24, 2.45) is 0 Å². The van der Waals surface area contributed by atoms with Crippen LogP contribution in [0.5, 0.6) is 0 Å². The van der Waals surface area contributed by atoms with Gasteiger partial charge < -0.3 is 14.8 Å². The van der Waals surface area contributed by atoms with E-state index in [0.29, 0.717) is 17.9 Å². The molecule has 2 aliphatic rings. The summed E-state index contributed by atoms with van der Waals surface area (Å²) in [5, 5.41) is 0. The Morgan fingerprint density at radius 1 is 1.03 bits per heavy atom. The molecule has 2 aliphatic heterocycles. The summed E-state index contributed by atoms with van der Waals surface area (Å²) in [6.07, 6.45) is 6.34. The third kappa shape index (κ3) is 3.72. The highest BCUT2D eigenvalue weighted by molar-refractivity contribution is 5.94. The van der Waals surface area contributed by atoms with E-state index in [4.69, 9.17) is 0 Å². The van der Waals surface area contributed by atoms with E-state index in [1.807, 2.05) is 29.2 Å². The van der Waals surface area contributed by atoms with Gasteiger partial charge in [0.25, 0.3) is 11.5 Å². The van der Waals surface area contributed by atoms with E-state index in [1.54, 1.807) is 4.90 Å². The Kier molecular flexibility index (Phi) is 5.29. The van der Waals surface area contributed by atoms with E-state index in [0.717, 1.165) is 37.8 Å². The lowest BCUT2D eigenvalue weighted by Gasteiger charge is -2.25. The minimum absolute atomic E-state index is 0.0304. The lowest BCUT2D eigenvalue weighted by Crippen LogP contribution is -2.32. The zero-order valence-corrected chi connectivity index (χ0v) is 16.2. The molecule has 2 amide bonds. The van der Waals surface area contributed by atoms with Gasteiger partial charge in [-0.05, 0) is 49.5 Å². The number of hydrogen-bond acceptors (Lipinski definition) is 4. The molecule has 29 heavy (non-hydrogen) atoms. The van der Waals surface area contributed by atoms with E-state index >= 15 is 0 Å². The second-order valence-corrected chi connectivity index (χ2v) is 7.49. The average Bonchev–Trinajstić information content (AvgIpc) is 3.42. The first-order valence-electron chi connectivity index (χ1n) is 9.97. The molecule has 0 bridgehead atoms. The van der Waals surface area contributed by atoms with Gasteiger partial charge in [-0.3, -0.25) is 14.4 Å². The molecule has 1 aromatic carbocycles. The fourth-order valence-electron chi connectivity index (χ4n) is 4.36. The van der Waals surface area contributed by atoms with Gasteiger partial charge in [-0.25, -0.2) is 4.98 Å². The molecule has 2 unspecified atom stereocenters. The van der Waals surface area contributed by atoms with Crippen molar-refractivity contribution in [2.45, 2.75) is 37.8 Å². The molecule has 0 saturated carbocycles. The quantitative estimate of drug-likeness (QED) is 0.811. The number of nitrogens with zero attached hydrogens (tertiary/aromatic N) is 3. The second kappa shape index (κ2) is 8.03. The SMILES string of the molecule is C=CC(=O)N1CCCC1c1ccc(C(=O)N2CCCC2c2nccc(=O)[nH]2)cc1. The van der Waals surface area contributed by atoms with Crippen molar-refractivity contribution in [1.82, 2.24) is 19.8 Å². The van der Waals surface area contributed by atoms with Crippen molar-refractivity contribution in [2.75, 3.05) is 13.1 Å². The summed E-state index contributed by atoms with van der Waals surface area (Å²) >= 11 is 0. The van der Waals surface area contributed by atoms with Gasteiger partial charge in [-0.15, -0.1) is 0 Å². The summed E-state index contributed by atoms with van der Waals surface area (Å²) in [7, 11) is 0. The maximum absolute atomic E-state index is 13.1. The molecular formula is C22H24N4O3. The predicted molar refractivity (Wildman–Crippen MR) is 108 cm³/mol. The van der Waals surface area contributed by atoms with Crippen LogP contribution in [-0.4, -0.2) is 44.7 Å². The predicted octanol–water partition coefficient (Wildman–Crippen LogP) is 2.60. The Bertz CT molecular complexity index is 982. The summed E-state index contributed by atoms with van der Waals surface area (Å²) < 4.78 is 0. The fourth-order valence-corrected chi connectivity index (χ4v) is 4.36. The maximum Gasteiger partial charge on any atom is 0.254 e. The maximum atomic E-state index is 13.1. The van der Waals surface area contributed by atoms with Crippen LogP contribution in [0.25, 0.3) is 0 Å². The number of amides is 2. The van der Waals surface area contributed by atoms with Crippen LogP contribution in [0.2, 0.25) is 0 Å². The molecule has 4 rings (SSSR count). The summed E-state index contributed by atoms with van der Waals surface area (Å²) in [4.78, 5) is 47.4. The van der Waals surface area contributed by atoms with Gasteiger partial charge in [-0.1, -0.05) is 18.7 Å². The van der Waals surface area contributed by atoms with Crippen molar-refractivity contribution in [3.63, 3.8) is 0 Å². The van der Waals surface area contributed by atoms with Gasteiger partial charge in [0.2, 0.25) is 5.91 Å². The van der Waals surface area contributed by atoms with Gasteiger partial charge in [0.1, 0.15) is 5.82 Å². The van der Waals surface area contributed by atoms with Gasteiger partial charge >= 0.3 is 0 Å². The molecule has 0 aliphatic carbocycles. The minimum Gasteiger partial charge on any atom is -0.332 e. The molecule has 2 fully saturated rings. The largest absolute Gasteiger partial charge is 0.332 e. The molecule has 3 heterocycles. The molecule has 0 spiro atoms. The van der Waals surface area contributed by atoms with Crippen molar-refractivity contribution >= 4 is 11.8 Å². The van der Waals surface area contributed by atoms with Gasteiger partial charge in [0.15, 0.2) is 0 Å². The van der Waals surface area contributed by atoms with Crippen molar-refractivity contribution < 1.29 is 9.59 Å². The number of aromatic amines is 1. The highest BCUT2D eigenvalue weighted by Crippen LogP contribution is 2.33. The van der Waals surface area contributed by atoms with Crippen LogP contribution < -0.4 is 5.56 Å². The standard InChI is InChI=1S/C22H24N4O3/c1-2-20(28)25-13-3-5-17(25)15-7-9-16(10-8-15)22(29)26-14-4-6-18(26)21-23-12-11-19(27)24-21/h2,7-12,17-18H,1,3-6,13-14H2,(H,23,24,27). The monoisotopic (exact) mass is 392 g/mol. The summed E-state index contributed by atoms with van der Waals surface area (Å²) in [6.45, 7) is 4.95. The highest BCUT2D eigenvalue weighted by atomic mass is 16.2. The first-order chi connectivity index (χ1) is 14.1. The van der Waals surface area contributed by atoms with E-state index in [-0.39, 0.29) is 29.5 Å². The molecule has 150 valence electrons. The Morgan fingerprint density at radius 3 is 2.41 bits per heavy atom. The Morgan fingerprint density at radius 2 is 1.72 bits per heavy atom. The lowest BCUT2D eigenvalue weighted by atomic mass is 10.0. The molecule has 2 aromatic rings. The number of benzene rings is 1. The van der Waals surface area contributed by atoms with Gasteiger partial charge in [0, 0.05) is 30.9 Å². The van der Waals surface area contributed by atoms with Crippen LogP contribution in [0.4, 0.5) is 0 Å². The molecule has 7 nitrogen and oxygen atoms in total. The minimum atomic E-state index is -0.216. The second-order valence-electron chi connectivity index (χ2n) is 7.49. The Balaban J connectivity index is 1.53. The Hall–Kier alpha value is -3.22. The molecule has 2 atom stereocenters. The third-order valence-corrected chi connectivity index (χ3v) is 5.77. The van der Waals surface area contributed by atoms with E-state index in [1.165, 1.54) is 18.3 Å². The Labute approximate surface area is 169 Å². The lowest BCUT2D eigenvalue weighted by molar-refractivity contribution is -0.126. The van der Waals surface area contributed by atoms with Crippen LogP contribution in [0.15, 0.2) is 54.0 Å². The first-order valence-corrected chi connectivity index (χ1v) is 9.97. The summed E-state index contributed by atoms with van der Waals surface area (Å²) in [5.74, 6) is 0.400. The van der Waals surface area contributed by atoms with Gasteiger partial charge in [-0.2, -0.15) is 0 Å². The molecule has 2 saturated heterocycles. The number of likely N-dealkylation sites (tertiary alicyclic amines) is 2. The van der Waals surface area contributed by atoms with Crippen molar-refractivity contribution in [1.29, 1.82) is 0 Å². The average molecular weight is 392 g/mol. The summed E-state index contributed by atoms with van der Waals surface area (Å²) in [5.41, 5.74) is 1.41. The number of rotatable bonds is 4. The van der Waals surface area contributed by atoms with Crippen LogP contribution in [0.1, 0.15) is 59.5 Å². The number of aromatic nitrogens is 2. The number of carbonyl (C=O) groups excluding carboxylic acids is 2. The summed E-state index contributed by atoms with van der Waals surface area (Å²) in [6, 6.07) is 8.69. The van der Waals surface area contributed by atoms with Crippen LogP contribution in [-0.2, 0) is 4.79 Å². The van der Waals surface area contributed by atoms with Crippen molar-refractivity contribution in [3.8, 4) is 0 Å². The van der Waals surface area contributed by atoms with E-state index < -0.39 is 0 Å². The third-order valence-electron chi connectivity index (χ3n) is 5.77. The van der Waals surface area contributed by atoms with Gasteiger partial charge in [0.05, 0.1) is 12.1 Å². The molecule has 0 radical (unpaired) electrons. The molecule has 1 N–H and O–H groups in total. The highest BCUT2D eigenvalue weighted by Gasteiger charge is 2.33. The van der Waals surface area contributed by atoms with Crippen molar-refractivity contribution in [3.05, 3.63) is 76.5 Å². The van der Waals surface area contributed by atoms with E-state index in [2.05, 4.69) is 16.5 Å². The van der Waals surface area contributed by atoms with Crippen LogP contribution in [0, 0.1) is 0 Å². The normalized spacial score (nSPS) is 21.4. The number of nitrogens with one attached hydrogen (secondary N) is 1. The number of hydrogen-bond donors (Lipinski definition) is 1. The zero-order chi connectivity index (χ0) is 20.4. The number of carbonyl (C=O) groups is 2. The topological polar surface area (TPSA) is 86.4 Å². The fraction of sp³-hybridized carbons (Fsp3) is 0.364. The van der Waals surface area contributed by atoms with Crippen LogP contribution >= 0.6 is 0 Å².